The molecule has 8 heteroatoms. The number of carbonyl (C=O) groups excluding carboxylic acids is 1. The molecule has 0 atom stereocenters. The molecule has 0 saturated carbocycles. The van der Waals surface area contributed by atoms with Gasteiger partial charge in [-0.3, -0.25) is 25.2 Å². The number of nitro benzene ring substituents is 1. The topological polar surface area (TPSA) is 97.2 Å². The summed E-state index contributed by atoms with van der Waals surface area (Å²) in [6, 6.07) is 7.60. The first-order valence-corrected chi connectivity index (χ1v) is 6.65. The normalized spacial score (nSPS) is 9.86. The number of hydrogen-bond acceptors (Lipinski definition) is 5. The Morgan fingerprint density at radius 1 is 1.36 bits per heavy atom. The highest BCUT2D eigenvalue weighted by Gasteiger charge is 2.14. The number of nitro groups is 1. The number of anilines is 1. The number of pyridine rings is 1. The maximum absolute atomic E-state index is 12.1. The molecule has 1 heterocycles. The highest BCUT2D eigenvalue weighted by molar-refractivity contribution is 7.80. The fourth-order valence-corrected chi connectivity index (χ4v) is 1.99. The van der Waals surface area contributed by atoms with Crippen molar-refractivity contribution in [1.29, 1.82) is 0 Å². The van der Waals surface area contributed by atoms with Crippen LogP contribution in [0.15, 0.2) is 42.7 Å². The van der Waals surface area contributed by atoms with Gasteiger partial charge < -0.3 is 5.32 Å². The second kappa shape index (κ2) is 6.72. The Morgan fingerprint density at radius 3 is 2.73 bits per heavy atom. The number of nitrogens with one attached hydrogen (secondary N) is 2. The summed E-state index contributed by atoms with van der Waals surface area (Å²) in [6.07, 6.45) is 3.18. The van der Waals surface area contributed by atoms with Gasteiger partial charge in [0.2, 0.25) is 0 Å². The van der Waals surface area contributed by atoms with E-state index in [-0.39, 0.29) is 10.8 Å². The lowest BCUT2D eigenvalue weighted by atomic mass is 10.1. The van der Waals surface area contributed by atoms with Crippen LogP contribution in [-0.4, -0.2) is 20.9 Å². The van der Waals surface area contributed by atoms with Gasteiger partial charge in [-0.15, -0.1) is 0 Å². The highest BCUT2D eigenvalue weighted by Crippen LogP contribution is 2.18. The molecule has 0 unspecified atom stereocenters. The molecule has 1 aromatic heterocycles. The molecule has 0 spiro atoms. The summed E-state index contributed by atoms with van der Waals surface area (Å²) in [7, 11) is 0. The molecule has 112 valence electrons. The SMILES string of the molecule is Cc1cc(C(=O)NC(=S)Nc2cccnc2)ccc1[N+](=O)[O-]. The van der Waals surface area contributed by atoms with Crippen LogP contribution >= 0.6 is 12.2 Å². The van der Waals surface area contributed by atoms with E-state index >= 15 is 0 Å². The molecule has 22 heavy (non-hydrogen) atoms. The van der Waals surface area contributed by atoms with Crippen molar-refractivity contribution in [1.82, 2.24) is 10.3 Å². The van der Waals surface area contributed by atoms with Gasteiger partial charge in [-0.1, -0.05) is 0 Å². The summed E-state index contributed by atoms with van der Waals surface area (Å²) >= 11 is 5.03. The van der Waals surface area contributed by atoms with Crippen LogP contribution in [0.5, 0.6) is 0 Å². The van der Waals surface area contributed by atoms with Crippen molar-refractivity contribution in [2.45, 2.75) is 6.92 Å². The van der Waals surface area contributed by atoms with Crippen LogP contribution in [0.2, 0.25) is 0 Å². The Hall–Kier alpha value is -2.87. The van der Waals surface area contributed by atoms with E-state index in [1.807, 2.05) is 0 Å². The third kappa shape index (κ3) is 3.83. The van der Waals surface area contributed by atoms with Crippen LogP contribution in [-0.2, 0) is 0 Å². The minimum Gasteiger partial charge on any atom is -0.331 e. The number of nitrogens with zero attached hydrogens (tertiary/aromatic N) is 2. The Kier molecular flexibility index (Phi) is 4.74. The van der Waals surface area contributed by atoms with Gasteiger partial charge in [0.15, 0.2) is 5.11 Å². The van der Waals surface area contributed by atoms with Gasteiger partial charge in [0.1, 0.15) is 0 Å². The first-order chi connectivity index (χ1) is 10.5. The van der Waals surface area contributed by atoms with Crippen molar-refractivity contribution in [2.24, 2.45) is 0 Å². The van der Waals surface area contributed by atoms with Gasteiger partial charge in [0, 0.05) is 23.4 Å². The molecule has 0 fully saturated rings. The minimum atomic E-state index is -0.494. The molecule has 0 aliphatic rings. The van der Waals surface area contributed by atoms with Crippen LogP contribution in [0.1, 0.15) is 15.9 Å². The smallest absolute Gasteiger partial charge is 0.272 e. The standard InChI is InChI=1S/C14H12N4O3S/c1-9-7-10(4-5-12(9)18(20)21)13(19)17-14(22)16-11-3-2-6-15-8-11/h2-8H,1H3,(H2,16,17,19,22). The van der Waals surface area contributed by atoms with Gasteiger partial charge in [-0.2, -0.15) is 0 Å². The molecule has 2 aromatic rings. The van der Waals surface area contributed by atoms with Crippen LogP contribution in [0.3, 0.4) is 0 Å². The van der Waals surface area contributed by atoms with E-state index in [9.17, 15) is 14.9 Å². The summed E-state index contributed by atoms with van der Waals surface area (Å²) in [4.78, 5) is 26.2. The van der Waals surface area contributed by atoms with Crippen LogP contribution in [0.4, 0.5) is 11.4 Å². The van der Waals surface area contributed by atoms with Gasteiger partial charge in [-0.25, -0.2) is 0 Å². The van der Waals surface area contributed by atoms with E-state index in [0.29, 0.717) is 16.8 Å². The minimum absolute atomic E-state index is 0.0346. The first kappa shape index (κ1) is 15.5. The predicted octanol–water partition coefficient (Wildman–Crippen LogP) is 2.43. The van der Waals surface area contributed by atoms with E-state index in [1.54, 1.807) is 31.5 Å². The van der Waals surface area contributed by atoms with Crippen molar-refractivity contribution in [3.63, 3.8) is 0 Å². The molecule has 7 nitrogen and oxygen atoms in total. The number of carbonyl (C=O) groups is 1. The third-order valence-corrected chi connectivity index (χ3v) is 3.01. The monoisotopic (exact) mass is 316 g/mol. The predicted molar refractivity (Wildman–Crippen MR) is 85.8 cm³/mol. The number of rotatable bonds is 3. The van der Waals surface area contributed by atoms with Gasteiger partial charge in [-0.05, 0) is 43.4 Å². The van der Waals surface area contributed by atoms with E-state index < -0.39 is 10.8 Å². The molecule has 1 aromatic carbocycles. The Morgan fingerprint density at radius 2 is 2.14 bits per heavy atom. The Labute approximate surface area is 131 Å². The largest absolute Gasteiger partial charge is 0.331 e. The molecule has 0 radical (unpaired) electrons. The summed E-state index contributed by atoms with van der Waals surface area (Å²) in [5.74, 6) is -0.445. The van der Waals surface area contributed by atoms with Crippen molar-refractivity contribution in [2.75, 3.05) is 5.32 Å². The molecule has 0 bridgehead atoms. The fourth-order valence-electron chi connectivity index (χ4n) is 1.78. The second-order valence-electron chi connectivity index (χ2n) is 4.41. The fraction of sp³-hybridized carbons (Fsp3) is 0.0714. The number of benzene rings is 1. The molecule has 1 amide bonds. The van der Waals surface area contributed by atoms with E-state index in [4.69, 9.17) is 12.2 Å². The lowest BCUT2D eigenvalue weighted by molar-refractivity contribution is -0.385. The first-order valence-electron chi connectivity index (χ1n) is 6.25. The van der Waals surface area contributed by atoms with Crippen molar-refractivity contribution in [3.8, 4) is 0 Å². The van der Waals surface area contributed by atoms with Crippen LogP contribution in [0, 0.1) is 17.0 Å². The number of amides is 1. The average molecular weight is 316 g/mol. The lowest BCUT2D eigenvalue weighted by Crippen LogP contribution is -2.34. The van der Waals surface area contributed by atoms with Gasteiger partial charge in [0.05, 0.1) is 16.8 Å². The molecule has 0 aliphatic heterocycles. The Balaban J connectivity index is 2.04. The number of thiocarbonyl (C=S) groups is 1. The van der Waals surface area contributed by atoms with Crippen LogP contribution < -0.4 is 10.6 Å². The summed E-state index contributed by atoms with van der Waals surface area (Å²) in [5.41, 5.74) is 1.31. The zero-order valence-corrected chi connectivity index (χ0v) is 12.4. The maximum Gasteiger partial charge on any atom is 0.272 e. The number of aromatic nitrogens is 1. The average Bonchev–Trinajstić information content (AvgIpc) is 2.47. The molecular formula is C14H12N4O3S. The van der Waals surface area contributed by atoms with Gasteiger partial charge >= 0.3 is 0 Å². The maximum atomic E-state index is 12.1. The summed E-state index contributed by atoms with van der Waals surface area (Å²) in [5, 5.41) is 16.2. The summed E-state index contributed by atoms with van der Waals surface area (Å²) in [6.45, 7) is 1.57. The molecule has 2 rings (SSSR count). The molecule has 0 saturated heterocycles. The quantitative estimate of drug-likeness (QED) is 0.513. The molecule has 0 aliphatic carbocycles. The number of hydrogen-bond donors (Lipinski definition) is 2. The highest BCUT2D eigenvalue weighted by atomic mass is 32.1. The number of aryl methyl sites for hydroxylation is 1. The van der Waals surface area contributed by atoms with Crippen LogP contribution in [0.25, 0.3) is 0 Å². The zero-order chi connectivity index (χ0) is 16.1. The lowest BCUT2D eigenvalue weighted by Gasteiger charge is -2.09. The van der Waals surface area contributed by atoms with E-state index in [2.05, 4.69) is 15.6 Å². The van der Waals surface area contributed by atoms with Gasteiger partial charge in [0.25, 0.3) is 11.6 Å². The molecule has 2 N–H and O–H groups in total. The molecular weight excluding hydrogens is 304 g/mol. The Bertz CT molecular complexity index is 734. The van der Waals surface area contributed by atoms with Crippen molar-refractivity contribution in [3.05, 3.63) is 64.0 Å². The zero-order valence-electron chi connectivity index (χ0n) is 11.6. The summed E-state index contributed by atoms with van der Waals surface area (Å²) < 4.78 is 0. The van der Waals surface area contributed by atoms with Crippen molar-refractivity contribution >= 4 is 34.6 Å². The third-order valence-electron chi connectivity index (χ3n) is 2.80. The van der Waals surface area contributed by atoms with E-state index in [0.717, 1.165) is 0 Å². The van der Waals surface area contributed by atoms with Crippen molar-refractivity contribution < 1.29 is 9.72 Å². The second-order valence-corrected chi connectivity index (χ2v) is 4.82. The van der Waals surface area contributed by atoms with E-state index in [1.165, 1.54) is 18.2 Å².